The van der Waals surface area contributed by atoms with E-state index in [-0.39, 0.29) is 24.9 Å². The highest BCUT2D eigenvalue weighted by Crippen LogP contribution is 2.26. The molecule has 1 aliphatic carbocycles. The van der Waals surface area contributed by atoms with Crippen molar-refractivity contribution in [1.29, 1.82) is 0 Å². The maximum absolute atomic E-state index is 14.3. The summed E-state index contributed by atoms with van der Waals surface area (Å²) in [4.78, 5) is 29.8. The number of amides is 2. The van der Waals surface area contributed by atoms with Gasteiger partial charge < -0.3 is 15.0 Å². The zero-order valence-electron chi connectivity index (χ0n) is 24.9. The lowest BCUT2D eigenvalue weighted by Crippen LogP contribution is -2.54. The van der Waals surface area contributed by atoms with Crippen LogP contribution in [0.3, 0.4) is 0 Å². The Hall–Kier alpha value is -3.85. The lowest BCUT2D eigenvalue weighted by Gasteiger charge is -2.34. The van der Waals surface area contributed by atoms with Gasteiger partial charge in [-0.1, -0.05) is 73.0 Å². The molecule has 8 nitrogen and oxygen atoms in total. The van der Waals surface area contributed by atoms with Crippen molar-refractivity contribution in [3.8, 4) is 5.75 Å². The van der Waals surface area contributed by atoms with Crippen molar-refractivity contribution in [2.45, 2.75) is 64.6 Å². The Morgan fingerprint density at radius 1 is 0.952 bits per heavy atom. The van der Waals surface area contributed by atoms with Crippen LogP contribution >= 0.6 is 0 Å². The standard InChI is InChI=1S/C33H41N3O5S/c1-24-17-18-30(25(2)19-24)36(42(4,39)40)23-32(37)35(22-27-13-10-16-29(20-27)41-3)31(21-26-11-6-5-7-12-26)33(38)34-28-14-8-9-15-28/h5-7,10-13,16-20,28,31H,8-9,14-15,21-23H2,1-4H3,(H,34,38)/t31-/m1/s1. The first-order valence-corrected chi connectivity index (χ1v) is 16.2. The maximum atomic E-state index is 14.3. The normalized spacial score (nSPS) is 14.3. The van der Waals surface area contributed by atoms with Crippen molar-refractivity contribution in [2.24, 2.45) is 0 Å². The number of sulfonamides is 1. The molecule has 224 valence electrons. The highest BCUT2D eigenvalue weighted by atomic mass is 32.2. The Bertz CT molecular complexity index is 1490. The van der Waals surface area contributed by atoms with Gasteiger partial charge in [0.25, 0.3) is 0 Å². The molecule has 9 heteroatoms. The number of benzene rings is 3. The van der Waals surface area contributed by atoms with Gasteiger partial charge in [0, 0.05) is 19.0 Å². The van der Waals surface area contributed by atoms with Crippen LogP contribution in [0.25, 0.3) is 0 Å². The molecule has 1 N–H and O–H groups in total. The topological polar surface area (TPSA) is 96.0 Å². The van der Waals surface area contributed by atoms with Crippen molar-refractivity contribution in [3.05, 3.63) is 95.1 Å². The van der Waals surface area contributed by atoms with E-state index >= 15 is 0 Å². The highest BCUT2D eigenvalue weighted by Gasteiger charge is 2.34. The lowest BCUT2D eigenvalue weighted by atomic mass is 10.0. The van der Waals surface area contributed by atoms with Gasteiger partial charge >= 0.3 is 0 Å². The van der Waals surface area contributed by atoms with Crippen molar-refractivity contribution in [2.75, 3.05) is 24.2 Å². The molecule has 1 saturated carbocycles. The van der Waals surface area contributed by atoms with Crippen LogP contribution in [-0.2, 0) is 32.6 Å². The molecular formula is C33H41N3O5S. The summed E-state index contributed by atoms with van der Waals surface area (Å²) in [6.07, 6.45) is 5.31. The summed E-state index contributed by atoms with van der Waals surface area (Å²) in [5.41, 5.74) is 3.84. The van der Waals surface area contributed by atoms with Crippen LogP contribution in [0.5, 0.6) is 5.75 Å². The minimum Gasteiger partial charge on any atom is -0.497 e. The van der Waals surface area contributed by atoms with Crippen LogP contribution < -0.4 is 14.4 Å². The van der Waals surface area contributed by atoms with E-state index in [1.165, 1.54) is 4.90 Å². The quantitative estimate of drug-likeness (QED) is 0.327. The fourth-order valence-corrected chi connectivity index (χ4v) is 6.48. The molecule has 1 fully saturated rings. The van der Waals surface area contributed by atoms with Crippen molar-refractivity contribution < 1.29 is 22.7 Å². The first-order chi connectivity index (χ1) is 20.0. The fraction of sp³-hybridized carbons (Fsp3) is 0.394. The van der Waals surface area contributed by atoms with Gasteiger partial charge in [-0.2, -0.15) is 0 Å². The van der Waals surface area contributed by atoms with Gasteiger partial charge in [0.2, 0.25) is 21.8 Å². The fourth-order valence-electron chi connectivity index (χ4n) is 5.57. The molecule has 0 saturated heterocycles. The second kappa shape index (κ2) is 13.9. The molecule has 0 bridgehead atoms. The zero-order chi connectivity index (χ0) is 30.3. The summed E-state index contributed by atoms with van der Waals surface area (Å²) in [6.45, 7) is 3.43. The average Bonchev–Trinajstić information content (AvgIpc) is 3.47. The molecule has 0 heterocycles. The van der Waals surface area contributed by atoms with E-state index in [9.17, 15) is 18.0 Å². The van der Waals surface area contributed by atoms with Gasteiger partial charge in [0.1, 0.15) is 18.3 Å². The van der Waals surface area contributed by atoms with Gasteiger partial charge in [0.05, 0.1) is 19.1 Å². The number of methoxy groups -OCH3 is 1. The predicted octanol–water partition coefficient (Wildman–Crippen LogP) is 4.78. The molecule has 0 unspecified atom stereocenters. The van der Waals surface area contributed by atoms with Crippen molar-refractivity contribution in [1.82, 2.24) is 10.2 Å². The van der Waals surface area contributed by atoms with Gasteiger partial charge in [-0.15, -0.1) is 0 Å². The first-order valence-electron chi connectivity index (χ1n) is 14.4. The SMILES string of the molecule is COc1cccc(CN(C(=O)CN(c2ccc(C)cc2C)S(C)(=O)=O)[C@H](Cc2ccccc2)C(=O)NC2CCCC2)c1. The highest BCUT2D eigenvalue weighted by molar-refractivity contribution is 7.92. The number of ether oxygens (including phenoxy) is 1. The van der Waals surface area contributed by atoms with Crippen LogP contribution in [-0.4, -0.2) is 57.1 Å². The minimum absolute atomic E-state index is 0.0623. The Labute approximate surface area is 249 Å². The summed E-state index contributed by atoms with van der Waals surface area (Å²) in [7, 11) is -2.25. The number of hydrogen-bond acceptors (Lipinski definition) is 5. The number of rotatable bonds is 12. The molecular weight excluding hydrogens is 550 g/mol. The van der Waals surface area contributed by atoms with Gasteiger partial charge in [-0.05, 0) is 61.6 Å². The third-order valence-electron chi connectivity index (χ3n) is 7.76. The lowest BCUT2D eigenvalue weighted by molar-refractivity contribution is -0.140. The summed E-state index contributed by atoms with van der Waals surface area (Å²) >= 11 is 0. The largest absolute Gasteiger partial charge is 0.497 e. The molecule has 42 heavy (non-hydrogen) atoms. The smallest absolute Gasteiger partial charge is 0.244 e. The molecule has 1 atom stereocenters. The van der Waals surface area contributed by atoms with E-state index in [1.807, 2.05) is 80.6 Å². The summed E-state index contributed by atoms with van der Waals surface area (Å²) in [5, 5.41) is 3.18. The van der Waals surface area contributed by atoms with Gasteiger partial charge in [-0.3, -0.25) is 13.9 Å². The number of anilines is 1. The summed E-state index contributed by atoms with van der Waals surface area (Å²) in [6, 6.07) is 21.6. The Morgan fingerprint density at radius 2 is 1.64 bits per heavy atom. The van der Waals surface area contributed by atoms with E-state index in [2.05, 4.69) is 5.32 Å². The Kier molecular flexibility index (Phi) is 10.3. The van der Waals surface area contributed by atoms with E-state index in [1.54, 1.807) is 13.2 Å². The van der Waals surface area contributed by atoms with Gasteiger partial charge in [-0.25, -0.2) is 8.42 Å². The predicted molar refractivity (Wildman–Crippen MR) is 166 cm³/mol. The number of nitrogens with zero attached hydrogens (tertiary/aromatic N) is 2. The number of hydrogen-bond donors (Lipinski definition) is 1. The molecule has 3 aromatic rings. The van der Waals surface area contributed by atoms with Crippen molar-refractivity contribution >= 4 is 27.5 Å². The van der Waals surface area contributed by atoms with E-state index < -0.39 is 28.5 Å². The minimum atomic E-state index is -3.82. The molecule has 2 amide bonds. The number of nitrogens with one attached hydrogen (secondary N) is 1. The second-order valence-corrected chi connectivity index (χ2v) is 13.0. The first kappa shape index (κ1) is 31.1. The van der Waals surface area contributed by atoms with Gasteiger partial charge in [0.15, 0.2) is 0 Å². The zero-order valence-corrected chi connectivity index (χ0v) is 25.7. The third-order valence-corrected chi connectivity index (χ3v) is 8.89. The van der Waals surface area contributed by atoms with Crippen molar-refractivity contribution in [3.63, 3.8) is 0 Å². The molecule has 4 rings (SSSR count). The number of carbonyl (C=O) groups excluding carboxylic acids is 2. The molecule has 1 aliphatic rings. The summed E-state index contributed by atoms with van der Waals surface area (Å²) < 4.78 is 32.7. The van der Waals surface area contributed by atoms with Crippen LogP contribution in [0.1, 0.15) is 47.9 Å². The van der Waals surface area contributed by atoms with Crippen LogP contribution in [0.2, 0.25) is 0 Å². The second-order valence-electron chi connectivity index (χ2n) is 11.1. The number of aryl methyl sites for hydroxylation is 2. The van der Waals surface area contributed by atoms with E-state index in [4.69, 9.17) is 4.74 Å². The Balaban J connectivity index is 1.75. The molecule has 0 aliphatic heterocycles. The monoisotopic (exact) mass is 591 g/mol. The molecule has 0 spiro atoms. The van der Waals surface area contributed by atoms with E-state index in [0.717, 1.165) is 58.5 Å². The van der Waals surface area contributed by atoms with E-state index in [0.29, 0.717) is 11.4 Å². The molecule has 0 radical (unpaired) electrons. The number of carbonyl (C=O) groups is 2. The molecule has 3 aromatic carbocycles. The van der Waals surface area contributed by atoms with Crippen LogP contribution in [0.15, 0.2) is 72.8 Å². The maximum Gasteiger partial charge on any atom is 0.244 e. The van der Waals surface area contributed by atoms with Crippen LogP contribution in [0.4, 0.5) is 5.69 Å². The molecule has 0 aromatic heterocycles. The Morgan fingerprint density at radius 3 is 2.29 bits per heavy atom. The third kappa shape index (κ3) is 8.12. The average molecular weight is 592 g/mol. The summed E-state index contributed by atoms with van der Waals surface area (Å²) in [5.74, 6) is -0.0758. The van der Waals surface area contributed by atoms with Crippen LogP contribution in [0, 0.1) is 13.8 Å².